The van der Waals surface area contributed by atoms with Crippen molar-refractivity contribution >= 4 is 17.2 Å². The van der Waals surface area contributed by atoms with Gasteiger partial charge >= 0.3 is 0 Å². The topological polar surface area (TPSA) is 73.1 Å². The first-order valence-corrected chi connectivity index (χ1v) is 10.4. The van der Waals surface area contributed by atoms with Gasteiger partial charge in [0.1, 0.15) is 11.0 Å². The maximum absolute atomic E-state index is 12.7. The van der Waals surface area contributed by atoms with Crippen LogP contribution in [0.1, 0.15) is 17.3 Å². The Morgan fingerprint density at radius 3 is 2.62 bits per heavy atom. The zero-order chi connectivity index (χ0) is 20.1. The molecule has 1 aromatic carbocycles. The van der Waals surface area contributed by atoms with Crippen LogP contribution in [0.15, 0.2) is 60.2 Å². The summed E-state index contributed by atoms with van der Waals surface area (Å²) in [6.07, 6.45) is 3.81. The zero-order valence-corrected chi connectivity index (χ0v) is 16.8. The minimum Gasteiger partial charge on any atom is -0.340 e. The van der Waals surface area contributed by atoms with Gasteiger partial charge in [0.2, 0.25) is 5.91 Å². The van der Waals surface area contributed by atoms with Gasteiger partial charge in [-0.3, -0.25) is 14.7 Å². The van der Waals surface area contributed by atoms with E-state index in [-0.39, 0.29) is 11.9 Å². The molecule has 0 N–H and O–H groups in total. The highest BCUT2D eigenvalue weighted by Gasteiger charge is 2.27. The number of nitrogens with zero attached hydrogens (tertiary/aromatic N) is 5. The molecule has 1 saturated heterocycles. The second kappa shape index (κ2) is 8.95. The molecule has 2 aromatic heterocycles. The molecule has 0 bridgehead atoms. The Bertz CT molecular complexity index is 991. The van der Waals surface area contributed by atoms with Crippen molar-refractivity contribution in [2.75, 3.05) is 26.2 Å². The summed E-state index contributed by atoms with van der Waals surface area (Å²) >= 11 is 1.53. The molecule has 29 heavy (non-hydrogen) atoms. The molecule has 1 unspecified atom stereocenters. The van der Waals surface area contributed by atoms with E-state index in [2.05, 4.69) is 20.9 Å². The molecule has 3 heterocycles. The summed E-state index contributed by atoms with van der Waals surface area (Å²) in [5.41, 5.74) is 2.76. The molecular formula is C22H21N5OS. The second-order valence-electron chi connectivity index (χ2n) is 6.92. The molecule has 0 spiro atoms. The van der Waals surface area contributed by atoms with E-state index < -0.39 is 0 Å². The zero-order valence-electron chi connectivity index (χ0n) is 15.9. The molecule has 1 amide bonds. The molecular weight excluding hydrogens is 382 g/mol. The lowest BCUT2D eigenvalue weighted by molar-refractivity contribution is -0.132. The van der Waals surface area contributed by atoms with E-state index in [0.29, 0.717) is 32.6 Å². The largest absolute Gasteiger partial charge is 0.340 e. The average molecular weight is 404 g/mol. The van der Waals surface area contributed by atoms with Gasteiger partial charge in [-0.15, -0.1) is 11.3 Å². The van der Waals surface area contributed by atoms with Gasteiger partial charge in [-0.1, -0.05) is 30.3 Å². The van der Waals surface area contributed by atoms with Crippen LogP contribution in [0.2, 0.25) is 0 Å². The van der Waals surface area contributed by atoms with Gasteiger partial charge in [-0.2, -0.15) is 5.26 Å². The molecule has 0 saturated carbocycles. The Hall–Kier alpha value is -3.08. The predicted octanol–water partition coefficient (Wildman–Crippen LogP) is 3.16. The van der Waals surface area contributed by atoms with Gasteiger partial charge in [-0.25, -0.2) is 4.98 Å². The number of benzene rings is 1. The van der Waals surface area contributed by atoms with Crippen molar-refractivity contribution in [1.29, 1.82) is 5.26 Å². The third-order valence-electron chi connectivity index (χ3n) is 5.06. The number of nitriles is 1. The van der Waals surface area contributed by atoms with Crippen molar-refractivity contribution in [2.45, 2.75) is 12.5 Å². The highest BCUT2D eigenvalue weighted by atomic mass is 32.1. The summed E-state index contributed by atoms with van der Waals surface area (Å²) in [4.78, 5) is 25.4. The first-order chi connectivity index (χ1) is 14.2. The minimum absolute atomic E-state index is 0.0842. The summed E-state index contributed by atoms with van der Waals surface area (Å²) in [5.74, 6) is 0.0842. The third kappa shape index (κ3) is 4.50. The Kier molecular flexibility index (Phi) is 5.94. The number of carbonyl (C=O) groups is 1. The van der Waals surface area contributed by atoms with Crippen molar-refractivity contribution in [3.05, 3.63) is 71.5 Å². The smallest absolute Gasteiger partial charge is 0.228 e. The number of aromatic nitrogens is 2. The van der Waals surface area contributed by atoms with Crippen molar-refractivity contribution in [3.8, 4) is 16.6 Å². The van der Waals surface area contributed by atoms with Crippen LogP contribution in [0.4, 0.5) is 0 Å². The van der Waals surface area contributed by atoms with Crippen LogP contribution in [0.25, 0.3) is 10.6 Å². The summed E-state index contributed by atoms with van der Waals surface area (Å²) in [5, 5.41) is 12.4. The van der Waals surface area contributed by atoms with E-state index in [1.165, 1.54) is 11.3 Å². The SMILES string of the molecule is N#CC(c1ccccc1)N1CCN(C(=O)Cc2csc(-c3cccnc3)n2)CC1. The first-order valence-electron chi connectivity index (χ1n) is 9.56. The number of hydrogen-bond donors (Lipinski definition) is 0. The monoisotopic (exact) mass is 403 g/mol. The molecule has 1 aliphatic rings. The van der Waals surface area contributed by atoms with E-state index in [1.54, 1.807) is 12.4 Å². The number of pyridine rings is 1. The quantitative estimate of drug-likeness (QED) is 0.654. The Balaban J connectivity index is 1.34. The van der Waals surface area contributed by atoms with Gasteiger partial charge in [0, 0.05) is 49.5 Å². The highest BCUT2D eigenvalue weighted by molar-refractivity contribution is 7.13. The maximum atomic E-state index is 12.7. The standard InChI is InChI=1S/C22H21N5OS/c23-14-20(17-5-2-1-3-6-17)26-9-11-27(12-10-26)21(28)13-19-16-29-22(25-19)18-7-4-8-24-15-18/h1-8,15-16,20H,9-13H2. The molecule has 7 heteroatoms. The number of thiazole rings is 1. The summed E-state index contributed by atoms with van der Waals surface area (Å²) in [6.45, 7) is 2.64. The molecule has 1 atom stereocenters. The lowest BCUT2D eigenvalue weighted by atomic mass is 10.1. The number of hydrogen-bond acceptors (Lipinski definition) is 6. The fourth-order valence-electron chi connectivity index (χ4n) is 3.51. The fraction of sp³-hybridized carbons (Fsp3) is 0.273. The van der Waals surface area contributed by atoms with Crippen LogP contribution < -0.4 is 0 Å². The van der Waals surface area contributed by atoms with Crippen molar-refractivity contribution in [1.82, 2.24) is 19.8 Å². The van der Waals surface area contributed by atoms with E-state index >= 15 is 0 Å². The summed E-state index contributed by atoms with van der Waals surface area (Å²) in [7, 11) is 0. The van der Waals surface area contributed by atoms with Crippen molar-refractivity contribution < 1.29 is 4.79 Å². The summed E-state index contributed by atoms with van der Waals surface area (Å²) in [6, 6.07) is 15.8. The van der Waals surface area contributed by atoms with Gasteiger partial charge in [0.15, 0.2) is 0 Å². The molecule has 146 valence electrons. The Morgan fingerprint density at radius 1 is 1.14 bits per heavy atom. The van der Waals surface area contributed by atoms with E-state index in [0.717, 1.165) is 21.8 Å². The number of rotatable bonds is 5. The van der Waals surface area contributed by atoms with Gasteiger partial charge < -0.3 is 4.90 Å². The maximum Gasteiger partial charge on any atom is 0.228 e. The van der Waals surface area contributed by atoms with Crippen LogP contribution in [-0.4, -0.2) is 51.9 Å². The van der Waals surface area contributed by atoms with Crippen molar-refractivity contribution in [3.63, 3.8) is 0 Å². The molecule has 6 nitrogen and oxygen atoms in total. The van der Waals surface area contributed by atoms with E-state index in [4.69, 9.17) is 0 Å². The number of carbonyl (C=O) groups excluding carboxylic acids is 1. The van der Waals surface area contributed by atoms with Crippen LogP contribution in [0.3, 0.4) is 0 Å². The average Bonchev–Trinajstić information content (AvgIpc) is 3.25. The first kappa shape index (κ1) is 19.2. The lowest BCUT2D eigenvalue weighted by Gasteiger charge is -2.37. The normalized spacial score (nSPS) is 15.6. The molecule has 1 aliphatic heterocycles. The van der Waals surface area contributed by atoms with E-state index in [9.17, 15) is 10.1 Å². The highest BCUT2D eigenvalue weighted by Crippen LogP contribution is 2.24. The van der Waals surface area contributed by atoms with Crippen molar-refractivity contribution in [2.24, 2.45) is 0 Å². The lowest BCUT2D eigenvalue weighted by Crippen LogP contribution is -2.49. The third-order valence-corrected chi connectivity index (χ3v) is 6.00. The van der Waals surface area contributed by atoms with E-state index in [1.807, 2.05) is 52.7 Å². The van der Waals surface area contributed by atoms with Crippen LogP contribution in [0.5, 0.6) is 0 Å². The number of amides is 1. The van der Waals surface area contributed by atoms with Crippen LogP contribution in [-0.2, 0) is 11.2 Å². The molecule has 0 radical (unpaired) electrons. The Morgan fingerprint density at radius 2 is 1.93 bits per heavy atom. The fourth-order valence-corrected chi connectivity index (χ4v) is 4.32. The minimum atomic E-state index is -0.269. The number of piperazine rings is 1. The van der Waals surface area contributed by atoms with Gasteiger partial charge in [0.25, 0.3) is 0 Å². The predicted molar refractivity (Wildman–Crippen MR) is 112 cm³/mol. The van der Waals surface area contributed by atoms with Crippen LogP contribution >= 0.6 is 11.3 Å². The molecule has 4 rings (SSSR count). The molecule has 3 aromatic rings. The van der Waals surface area contributed by atoms with Gasteiger partial charge in [-0.05, 0) is 17.7 Å². The van der Waals surface area contributed by atoms with Gasteiger partial charge in [0.05, 0.1) is 18.2 Å². The second-order valence-corrected chi connectivity index (χ2v) is 7.78. The molecule has 1 fully saturated rings. The van der Waals surface area contributed by atoms with Crippen LogP contribution in [0, 0.1) is 11.3 Å². The summed E-state index contributed by atoms with van der Waals surface area (Å²) < 4.78 is 0. The Labute approximate surface area is 174 Å². The molecule has 0 aliphatic carbocycles.